The summed E-state index contributed by atoms with van der Waals surface area (Å²) in [6.45, 7) is 2.17. The highest BCUT2D eigenvalue weighted by Crippen LogP contribution is 2.40. The fraction of sp³-hybridized carbons (Fsp3) is 0.600. The normalized spacial score (nSPS) is 30.2. The van der Waals surface area contributed by atoms with E-state index in [0.717, 1.165) is 12.8 Å². The molecule has 0 radical (unpaired) electrons. The van der Waals surface area contributed by atoms with Crippen molar-refractivity contribution >= 4 is 17.5 Å². The summed E-state index contributed by atoms with van der Waals surface area (Å²) in [6, 6.07) is 4.25. The molecule has 1 amide bonds. The molecular weight excluding hydrogens is 260 g/mol. The van der Waals surface area contributed by atoms with Crippen molar-refractivity contribution in [3.63, 3.8) is 0 Å². The van der Waals surface area contributed by atoms with Gasteiger partial charge in [-0.25, -0.2) is 4.98 Å². The molecule has 3 nitrogen and oxygen atoms in total. The third kappa shape index (κ3) is 2.36. The molecule has 19 heavy (non-hydrogen) atoms. The fourth-order valence-electron chi connectivity index (χ4n) is 3.71. The van der Waals surface area contributed by atoms with Gasteiger partial charge in [0.15, 0.2) is 0 Å². The van der Waals surface area contributed by atoms with Gasteiger partial charge in [-0.1, -0.05) is 24.4 Å². The first-order chi connectivity index (χ1) is 9.16. The molecule has 1 saturated heterocycles. The van der Waals surface area contributed by atoms with E-state index in [4.69, 9.17) is 11.6 Å². The van der Waals surface area contributed by atoms with Gasteiger partial charge in [0, 0.05) is 18.3 Å². The Morgan fingerprint density at radius 2 is 2.16 bits per heavy atom. The van der Waals surface area contributed by atoms with Gasteiger partial charge in [-0.15, -0.1) is 0 Å². The molecule has 2 fully saturated rings. The molecular formula is C15H19ClN2O. The third-order valence-corrected chi connectivity index (χ3v) is 4.78. The molecule has 102 valence electrons. The molecule has 0 N–H and O–H groups in total. The number of hydrogen-bond acceptors (Lipinski definition) is 2. The Kier molecular flexibility index (Phi) is 3.48. The molecule has 3 rings (SSSR count). The van der Waals surface area contributed by atoms with Crippen LogP contribution in [0.3, 0.4) is 0 Å². The van der Waals surface area contributed by atoms with Crippen LogP contribution >= 0.6 is 11.6 Å². The molecule has 1 aromatic rings. The lowest BCUT2D eigenvalue weighted by atomic mass is 9.85. The maximum atomic E-state index is 12.7. The number of hydrogen-bond donors (Lipinski definition) is 0. The SMILES string of the molecule is C[C@@H]1C[C@H]2CCCC[C@H]2N1C(=O)c1ccc(Cl)nc1. The van der Waals surface area contributed by atoms with Gasteiger partial charge in [0.25, 0.3) is 5.91 Å². The fourth-order valence-corrected chi connectivity index (χ4v) is 3.82. The number of carbonyl (C=O) groups is 1. The Hall–Kier alpha value is -1.09. The minimum absolute atomic E-state index is 0.117. The summed E-state index contributed by atoms with van der Waals surface area (Å²) in [5.74, 6) is 0.819. The monoisotopic (exact) mass is 278 g/mol. The van der Waals surface area contributed by atoms with Crippen LogP contribution in [0.1, 0.15) is 49.4 Å². The van der Waals surface area contributed by atoms with Crippen LogP contribution < -0.4 is 0 Å². The summed E-state index contributed by atoms with van der Waals surface area (Å²) in [5.41, 5.74) is 0.655. The van der Waals surface area contributed by atoms with E-state index in [1.165, 1.54) is 19.3 Å². The lowest BCUT2D eigenvalue weighted by Crippen LogP contribution is -2.42. The van der Waals surface area contributed by atoms with Crippen molar-refractivity contribution in [3.05, 3.63) is 29.0 Å². The third-order valence-electron chi connectivity index (χ3n) is 4.55. The molecule has 1 aromatic heterocycles. The summed E-state index contributed by atoms with van der Waals surface area (Å²) >= 11 is 5.78. The zero-order valence-corrected chi connectivity index (χ0v) is 11.9. The van der Waals surface area contributed by atoms with Crippen molar-refractivity contribution < 1.29 is 4.79 Å². The van der Waals surface area contributed by atoms with E-state index in [1.807, 2.05) is 0 Å². The lowest BCUT2D eigenvalue weighted by Gasteiger charge is -2.33. The largest absolute Gasteiger partial charge is 0.333 e. The van der Waals surface area contributed by atoms with Crippen LogP contribution in [0.5, 0.6) is 0 Å². The molecule has 2 heterocycles. The van der Waals surface area contributed by atoms with Crippen molar-refractivity contribution in [2.75, 3.05) is 0 Å². The van der Waals surface area contributed by atoms with Gasteiger partial charge in [-0.3, -0.25) is 4.79 Å². The van der Waals surface area contributed by atoms with Crippen LogP contribution in [0.25, 0.3) is 0 Å². The first-order valence-electron chi connectivity index (χ1n) is 7.11. The molecule has 2 aliphatic rings. The van der Waals surface area contributed by atoms with E-state index < -0.39 is 0 Å². The Morgan fingerprint density at radius 3 is 2.89 bits per heavy atom. The highest BCUT2D eigenvalue weighted by atomic mass is 35.5. The smallest absolute Gasteiger partial charge is 0.255 e. The maximum Gasteiger partial charge on any atom is 0.255 e. The summed E-state index contributed by atoms with van der Waals surface area (Å²) < 4.78 is 0. The average Bonchev–Trinajstić information content (AvgIpc) is 2.74. The summed E-state index contributed by atoms with van der Waals surface area (Å²) in [6.07, 6.45) is 7.74. The van der Waals surface area contributed by atoms with Crippen molar-refractivity contribution in [1.29, 1.82) is 0 Å². The number of aromatic nitrogens is 1. The Bertz CT molecular complexity index is 474. The average molecular weight is 279 g/mol. The predicted octanol–water partition coefficient (Wildman–Crippen LogP) is 3.53. The first kappa shape index (κ1) is 12.9. The van der Waals surface area contributed by atoms with Crippen molar-refractivity contribution in [1.82, 2.24) is 9.88 Å². The van der Waals surface area contributed by atoms with Crippen LogP contribution in [0.2, 0.25) is 5.15 Å². The molecule has 0 unspecified atom stereocenters. The standard InChI is InChI=1S/C15H19ClN2O/c1-10-8-11-4-2-3-5-13(11)18(10)15(19)12-6-7-14(16)17-9-12/h6-7,9-11,13H,2-5,8H2,1H3/t10-,11-,13-/m1/s1. The molecule has 1 saturated carbocycles. The van der Waals surface area contributed by atoms with Crippen LogP contribution in [0, 0.1) is 5.92 Å². The van der Waals surface area contributed by atoms with Crippen LogP contribution in [-0.4, -0.2) is 27.9 Å². The van der Waals surface area contributed by atoms with E-state index in [0.29, 0.717) is 28.7 Å². The van der Waals surface area contributed by atoms with Crippen molar-refractivity contribution in [3.8, 4) is 0 Å². The zero-order valence-electron chi connectivity index (χ0n) is 11.2. The van der Waals surface area contributed by atoms with Gasteiger partial charge in [0.1, 0.15) is 5.15 Å². The number of fused-ring (bicyclic) bond motifs is 1. The summed E-state index contributed by atoms with van der Waals surface area (Å²) in [5, 5.41) is 0.432. The zero-order chi connectivity index (χ0) is 13.4. The minimum atomic E-state index is 0.117. The molecule has 3 atom stereocenters. The molecule has 1 aliphatic heterocycles. The highest BCUT2D eigenvalue weighted by molar-refractivity contribution is 6.29. The number of halogens is 1. The van der Waals surface area contributed by atoms with E-state index >= 15 is 0 Å². The van der Waals surface area contributed by atoms with Crippen LogP contribution in [0.15, 0.2) is 18.3 Å². The molecule has 0 bridgehead atoms. The first-order valence-corrected chi connectivity index (χ1v) is 7.49. The van der Waals surface area contributed by atoms with E-state index in [1.54, 1.807) is 18.3 Å². The number of rotatable bonds is 1. The Labute approximate surface area is 119 Å². The lowest BCUT2D eigenvalue weighted by molar-refractivity contribution is 0.0633. The summed E-state index contributed by atoms with van der Waals surface area (Å²) in [7, 11) is 0. The molecule has 4 heteroatoms. The number of likely N-dealkylation sites (tertiary alicyclic amines) is 1. The number of amides is 1. The Morgan fingerprint density at radius 1 is 1.37 bits per heavy atom. The molecule has 0 aromatic carbocycles. The second kappa shape index (κ2) is 5.12. The second-order valence-electron chi connectivity index (χ2n) is 5.78. The predicted molar refractivity (Wildman–Crippen MR) is 75.2 cm³/mol. The van der Waals surface area contributed by atoms with Crippen LogP contribution in [0.4, 0.5) is 0 Å². The number of pyridine rings is 1. The quantitative estimate of drug-likeness (QED) is 0.736. The van der Waals surface area contributed by atoms with Gasteiger partial charge in [-0.2, -0.15) is 0 Å². The topological polar surface area (TPSA) is 33.2 Å². The maximum absolute atomic E-state index is 12.7. The summed E-state index contributed by atoms with van der Waals surface area (Å²) in [4.78, 5) is 18.8. The van der Waals surface area contributed by atoms with Crippen LogP contribution in [-0.2, 0) is 0 Å². The van der Waals surface area contributed by atoms with Gasteiger partial charge in [-0.05, 0) is 44.2 Å². The second-order valence-corrected chi connectivity index (χ2v) is 6.17. The minimum Gasteiger partial charge on any atom is -0.333 e. The van der Waals surface area contributed by atoms with Gasteiger partial charge >= 0.3 is 0 Å². The number of carbonyl (C=O) groups excluding carboxylic acids is 1. The van der Waals surface area contributed by atoms with E-state index in [-0.39, 0.29) is 5.91 Å². The molecule has 1 aliphatic carbocycles. The highest BCUT2D eigenvalue weighted by Gasteiger charge is 2.42. The number of nitrogens with zero attached hydrogens (tertiary/aromatic N) is 2. The van der Waals surface area contributed by atoms with Crippen molar-refractivity contribution in [2.45, 2.75) is 51.1 Å². The van der Waals surface area contributed by atoms with Gasteiger partial charge < -0.3 is 4.90 Å². The Balaban J connectivity index is 1.84. The molecule has 0 spiro atoms. The van der Waals surface area contributed by atoms with Crippen molar-refractivity contribution in [2.24, 2.45) is 5.92 Å². The van der Waals surface area contributed by atoms with Gasteiger partial charge in [0.2, 0.25) is 0 Å². The van der Waals surface area contributed by atoms with E-state index in [2.05, 4.69) is 16.8 Å². The van der Waals surface area contributed by atoms with Gasteiger partial charge in [0.05, 0.1) is 5.56 Å². The van der Waals surface area contributed by atoms with E-state index in [9.17, 15) is 4.79 Å².